The largest absolute Gasteiger partial charge is 0.494 e. The van der Waals surface area contributed by atoms with Crippen molar-refractivity contribution >= 4 is 23.5 Å². The summed E-state index contributed by atoms with van der Waals surface area (Å²) in [6.07, 6.45) is 1.75. The number of hydrogen-bond donors (Lipinski definition) is 0. The van der Waals surface area contributed by atoms with Crippen molar-refractivity contribution in [2.24, 2.45) is 4.99 Å². The van der Waals surface area contributed by atoms with E-state index in [0.29, 0.717) is 29.6 Å². The lowest BCUT2D eigenvalue weighted by molar-refractivity contribution is -0.113. The number of ether oxygens (including phenoxy) is 3. The molecule has 3 aromatic carbocycles. The van der Waals surface area contributed by atoms with Crippen LogP contribution in [-0.4, -0.2) is 32.6 Å². The van der Waals surface area contributed by atoms with E-state index in [1.807, 2.05) is 73.7 Å². The van der Waals surface area contributed by atoms with E-state index in [-0.39, 0.29) is 5.91 Å². The molecular weight excluding hydrogens is 404 g/mol. The summed E-state index contributed by atoms with van der Waals surface area (Å²) >= 11 is 0. The van der Waals surface area contributed by atoms with Gasteiger partial charge in [0, 0.05) is 5.56 Å². The third kappa shape index (κ3) is 4.21. The second-order valence-electron chi connectivity index (χ2n) is 7.01. The monoisotopic (exact) mass is 428 g/mol. The van der Waals surface area contributed by atoms with E-state index >= 15 is 0 Å². The zero-order valence-electron chi connectivity index (χ0n) is 18.2. The Balaban J connectivity index is 1.76. The minimum atomic E-state index is -0.206. The highest BCUT2D eigenvalue weighted by atomic mass is 16.5. The van der Waals surface area contributed by atoms with Gasteiger partial charge in [-0.25, -0.2) is 4.99 Å². The van der Waals surface area contributed by atoms with Gasteiger partial charge in [-0.1, -0.05) is 36.4 Å². The molecule has 0 N–H and O–H groups in total. The summed E-state index contributed by atoms with van der Waals surface area (Å²) in [5, 5.41) is 0. The minimum Gasteiger partial charge on any atom is -0.494 e. The Hall–Kier alpha value is -4.06. The first kappa shape index (κ1) is 21.2. The van der Waals surface area contributed by atoms with Crippen LogP contribution in [0.25, 0.3) is 6.08 Å². The van der Waals surface area contributed by atoms with Gasteiger partial charge in [-0.05, 0) is 55.0 Å². The number of anilines is 1. The Morgan fingerprint density at radius 2 is 1.62 bits per heavy atom. The number of methoxy groups -OCH3 is 2. The van der Waals surface area contributed by atoms with Crippen LogP contribution >= 0.6 is 0 Å². The van der Waals surface area contributed by atoms with Crippen molar-refractivity contribution in [2.75, 3.05) is 25.7 Å². The highest BCUT2D eigenvalue weighted by Gasteiger charge is 2.32. The van der Waals surface area contributed by atoms with Gasteiger partial charge in [-0.3, -0.25) is 9.69 Å². The molecule has 6 heteroatoms. The summed E-state index contributed by atoms with van der Waals surface area (Å²) < 4.78 is 16.2. The quantitative estimate of drug-likeness (QED) is 0.500. The second-order valence-corrected chi connectivity index (χ2v) is 7.01. The van der Waals surface area contributed by atoms with Gasteiger partial charge in [0.15, 0.2) is 11.5 Å². The Kier molecular flexibility index (Phi) is 6.22. The van der Waals surface area contributed by atoms with Crippen LogP contribution in [-0.2, 0) is 4.79 Å². The Bertz CT molecular complexity index is 1170. The van der Waals surface area contributed by atoms with Crippen LogP contribution in [0.4, 0.5) is 5.69 Å². The number of benzene rings is 3. The molecule has 0 spiro atoms. The zero-order chi connectivity index (χ0) is 22.5. The maximum Gasteiger partial charge on any atom is 0.282 e. The summed E-state index contributed by atoms with van der Waals surface area (Å²) in [5.74, 6) is 2.33. The summed E-state index contributed by atoms with van der Waals surface area (Å²) in [6.45, 7) is 2.51. The summed E-state index contributed by atoms with van der Waals surface area (Å²) in [6, 6.07) is 22.6. The normalized spacial score (nSPS) is 14.5. The summed E-state index contributed by atoms with van der Waals surface area (Å²) in [4.78, 5) is 19.8. The first-order valence-corrected chi connectivity index (χ1v) is 10.3. The van der Waals surface area contributed by atoms with Crippen LogP contribution < -0.4 is 19.1 Å². The van der Waals surface area contributed by atoms with Crippen molar-refractivity contribution in [3.63, 3.8) is 0 Å². The minimum absolute atomic E-state index is 0.206. The number of aliphatic imine (C=N–C) groups is 1. The smallest absolute Gasteiger partial charge is 0.282 e. The number of amides is 1. The fraction of sp³-hybridized carbons (Fsp3) is 0.154. The molecule has 0 fully saturated rings. The van der Waals surface area contributed by atoms with Gasteiger partial charge >= 0.3 is 0 Å². The molecule has 0 aromatic heterocycles. The van der Waals surface area contributed by atoms with E-state index in [1.54, 1.807) is 31.3 Å². The molecule has 162 valence electrons. The van der Waals surface area contributed by atoms with Crippen molar-refractivity contribution in [1.29, 1.82) is 0 Å². The standard InChI is InChI=1S/C26H24N2O4/c1-4-32-21-13-11-20(12-14-21)28-25(19-8-6-5-7-9-19)27-22(26(28)29)16-18-10-15-23(30-2)24(17-18)31-3/h5-17H,4H2,1-3H3/b22-16+. The molecule has 1 aliphatic rings. The molecule has 0 bridgehead atoms. The van der Waals surface area contributed by atoms with Crippen LogP contribution in [0, 0.1) is 0 Å². The molecule has 0 aliphatic carbocycles. The predicted octanol–water partition coefficient (Wildman–Crippen LogP) is 4.94. The lowest BCUT2D eigenvalue weighted by Crippen LogP contribution is -2.32. The Morgan fingerprint density at radius 1 is 0.906 bits per heavy atom. The van der Waals surface area contributed by atoms with E-state index in [0.717, 1.165) is 22.6 Å². The molecule has 0 saturated heterocycles. The van der Waals surface area contributed by atoms with Crippen molar-refractivity contribution in [1.82, 2.24) is 0 Å². The molecule has 3 aromatic rings. The van der Waals surface area contributed by atoms with Crippen LogP contribution in [0.3, 0.4) is 0 Å². The van der Waals surface area contributed by atoms with Gasteiger partial charge < -0.3 is 14.2 Å². The fourth-order valence-corrected chi connectivity index (χ4v) is 3.50. The van der Waals surface area contributed by atoms with Gasteiger partial charge in [-0.2, -0.15) is 0 Å². The molecular formula is C26H24N2O4. The SMILES string of the molecule is CCOc1ccc(N2C(=O)/C(=C\c3ccc(OC)c(OC)c3)N=C2c2ccccc2)cc1. The first-order chi connectivity index (χ1) is 15.6. The number of rotatable bonds is 7. The maximum atomic E-state index is 13.4. The second kappa shape index (κ2) is 9.39. The van der Waals surface area contributed by atoms with Crippen molar-refractivity contribution in [3.8, 4) is 17.2 Å². The summed E-state index contributed by atoms with van der Waals surface area (Å²) in [5.41, 5.74) is 2.70. The van der Waals surface area contributed by atoms with Crippen LogP contribution in [0.5, 0.6) is 17.2 Å². The van der Waals surface area contributed by atoms with Crippen molar-refractivity contribution in [2.45, 2.75) is 6.92 Å². The topological polar surface area (TPSA) is 60.4 Å². The lowest BCUT2D eigenvalue weighted by Gasteiger charge is -2.19. The number of amidine groups is 1. The summed E-state index contributed by atoms with van der Waals surface area (Å²) in [7, 11) is 3.16. The average Bonchev–Trinajstić information content (AvgIpc) is 3.16. The third-order valence-corrected chi connectivity index (χ3v) is 5.01. The van der Waals surface area contributed by atoms with E-state index in [4.69, 9.17) is 19.2 Å². The molecule has 4 rings (SSSR count). The molecule has 1 heterocycles. The van der Waals surface area contributed by atoms with Crippen LogP contribution in [0.1, 0.15) is 18.1 Å². The highest BCUT2D eigenvalue weighted by Crippen LogP contribution is 2.32. The maximum absolute atomic E-state index is 13.4. The number of nitrogens with zero attached hydrogens (tertiary/aromatic N) is 2. The van der Waals surface area contributed by atoms with Crippen LogP contribution in [0.15, 0.2) is 83.5 Å². The molecule has 0 atom stereocenters. The number of carbonyl (C=O) groups is 1. The van der Waals surface area contributed by atoms with Gasteiger partial charge in [0.1, 0.15) is 17.3 Å². The first-order valence-electron chi connectivity index (χ1n) is 10.3. The van der Waals surface area contributed by atoms with Crippen molar-refractivity contribution in [3.05, 3.63) is 89.6 Å². The molecule has 1 aliphatic heterocycles. The molecule has 0 saturated carbocycles. The lowest BCUT2D eigenvalue weighted by atomic mass is 10.1. The third-order valence-electron chi connectivity index (χ3n) is 5.01. The number of carbonyl (C=O) groups excluding carboxylic acids is 1. The number of hydrogen-bond acceptors (Lipinski definition) is 5. The van der Waals surface area contributed by atoms with Gasteiger partial charge in [0.25, 0.3) is 5.91 Å². The molecule has 1 amide bonds. The van der Waals surface area contributed by atoms with E-state index in [1.165, 1.54) is 0 Å². The van der Waals surface area contributed by atoms with Gasteiger partial charge in [-0.15, -0.1) is 0 Å². The van der Waals surface area contributed by atoms with E-state index in [2.05, 4.69) is 0 Å². The molecule has 0 radical (unpaired) electrons. The Morgan fingerprint density at radius 3 is 2.28 bits per heavy atom. The molecule has 32 heavy (non-hydrogen) atoms. The zero-order valence-corrected chi connectivity index (χ0v) is 18.2. The predicted molar refractivity (Wildman–Crippen MR) is 126 cm³/mol. The highest BCUT2D eigenvalue weighted by molar-refractivity contribution is 6.33. The van der Waals surface area contributed by atoms with E-state index in [9.17, 15) is 4.79 Å². The fourth-order valence-electron chi connectivity index (χ4n) is 3.50. The average molecular weight is 428 g/mol. The molecule has 6 nitrogen and oxygen atoms in total. The van der Waals surface area contributed by atoms with Gasteiger partial charge in [0.05, 0.1) is 26.5 Å². The Labute approximate surface area is 187 Å². The van der Waals surface area contributed by atoms with Crippen molar-refractivity contribution < 1.29 is 19.0 Å². The van der Waals surface area contributed by atoms with E-state index < -0.39 is 0 Å². The van der Waals surface area contributed by atoms with Gasteiger partial charge in [0.2, 0.25) is 0 Å². The van der Waals surface area contributed by atoms with Crippen LogP contribution in [0.2, 0.25) is 0 Å². The molecule has 0 unspecified atom stereocenters.